The summed E-state index contributed by atoms with van der Waals surface area (Å²) in [6.07, 6.45) is -4.36. The van der Waals surface area contributed by atoms with Crippen molar-refractivity contribution in [1.82, 2.24) is 10.6 Å². The zero-order chi connectivity index (χ0) is 16.8. The molecule has 124 valence electrons. The molecule has 0 bridgehead atoms. The van der Waals surface area contributed by atoms with E-state index < -0.39 is 12.8 Å². The fourth-order valence-corrected chi connectivity index (χ4v) is 1.66. The molecule has 2 N–H and O–H groups in total. The fourth-order valence-electron chi connectivity index (χ4n) is 1.66. The zero-order valence-corrected chi connectivity index (χ0v) is 13.2. The normalized spacial score (nSPS) is 13.0. The van der Waals surface area contributed by atoms with Gasteiger partial charge in [0.2, 0.25) is 0 Å². The highest BCUT2D eigenvalue weighted by Gasteiger charge is 2.28. The predicted molar refractivity (Wildman–Crippen MR) is 81.1 cm³/mol. The Kier molecular flexibility index (Phi) is 6.08. The van der Waals surface area contributed by atoms with Crippen molar-refractivity contribution < 1.29 is 17.9 Å². The second-order valence-corrected chi connectivity index (χ2v) is 5.81. The van der Waals surface area contributed by atoms with E-state index in [2.05, 4.69) is 15.6 Å². The van der Waals surface area contributed by atoms with Gasteiger partial charge in [0.25, 0.3) is 0 Å². The maximum Gasteiger partial charge on any atom is 0.422 e. The first-order valence-corrected chi connectivity index (χ1v) is 6.87. The summed E-state index contributed by atoms with van der Waals surface area (Å²) in [6, 6.07) is 6.61. The number of alkyl halides is 3. The Morgan fingerprint density at radius 3 is 2.36 bits per heavy atom. The molecule has 0 atom stereocenters. The summed E-state index contributed by atoms with van der Waals surface area (Å²) in [4.78, 5) is 4.08. The quantitative estimate of drug-likeness (QED) is 0.662. The van der Waals surface area contributed by atoms with Gasteiger partial charge in [-0.2, -0.15) is 13.2 Å². The molecule has 1 aromatic rings. The van der Waals surface area contributed by atoms with Crippen LogP contribution in [0.3, 0.4) is 0 Å². The van der Waals surface area contributed by atoms with E-state index in [1.807, 2.05) is 20.8 Å². The van der Waals surface area contributed by atoms with Crippen molar-refractivity contribution in [1.29, 1.82) is 0 Å². The monoisotopic (exact) mass is 317 g/mol. The second-order valence-electron chi connectivity index (χ2n) is 5.81. The van der Waals surface area contributed by atoms with E-state index in [1.165, 1.54) is 6.07 Å². The van der Waals surface area contributed by atoms with E-state index in [1.54, 1.807) is 25.2 Å². The van der Waals surface area contributed by atoms with Gasteiger partial charge in [0.15, 0.2) is 12.6 Å². The van der Waals surface area contributed by atoms with Crippen molar-refractivity contribution in [2.45, 2.75) is 39.0 Å². The molecule has 1 rings (SSSR count). The van der Waals surface area contributed by atoms with E-state index in [9.17, 15) is 13.2 Å². The molecule has 1 aromatic carbocycles. The summed E-state index contributed by atoms with van der Waals surface area (Å²) >= 11 is 0. The van der Waals surface area contributed by atoms with Crippen LogP contribution >= 0.6 is 0 Å². The molecular formula is C15H22F3N3O. The standard InChI is InChI=1S/C15H22F3N3O/c1-14(2,3)21-13(19-4)20-9-11-7-5-6-8-12(11)22-10-15(16,17)18/h5-8H,9-10H2,1-4H3,(H2,19,20,21). The maximum absolute atomic E-state index is 12.3. The maximum atomic E-state index is 12.3. The molecule has 4 nitrogen and oxygen atoms in total. The molecule has 22 heavy (non-hydrogen) atoms. The number of nitrogens with one attached hydrogen (secondary N) is 2. The molecule has 0 aliphatic carbocycles. The number of rotatable bonds is 4. The average Bonchev–Trinajstić information content (AvgIpc) is 2.40. The number of benzene rings is 1. The van der Waals surface area contributed by atoms with Crippen LogP contribution in [0.15, 0.2) is 29.3 Å². The first-order chi connectivity index (χ1) is 10.1. The second kappa shape index (κ2) is 7.38. The number of ether oxygens (including phenoxy) is 1. The highest BCUT2D eigenvalue weighted by atomic mass is 19.4. The molecule has 0 radical (unpaired) electrons. The van der Waals surface area contributed by atoms with Crippen LogP contribution in [-0.4, -0.2) is 31.3 Å². The average molecular weight is 317 g/mol. The van der Waals surface area contributed by atoms with E-state index >= 15 is 0 Å². The van der Waals surface area contributed by atoms with E-state index in [0.717, 1.165) is 0 Å². The van der Waals surface area contributed by atoms with Crippen molar-refractivity contribution >= 4 is 5.96 Å². The van der Waals surface area contributed by atoms with Crippen molar-refractivity contribution in [3.05, 3.63) is 29.8 Å². The predicted octanol–water partition coefficient (Wildman–Crippen LogP) is 3.09. The van der Waals surface area contributed by atoms with E-state index in [4.69, 9.17) is 4.74 Å². The smallest absolute Gasteiger partial charge is 0.422 e. The first-order valence-electron chi connectivity index (χ1n) is 6.87. The highest BCUT2D eigenvalue weighted by Crippen LogP contribution is 2.22. The molecule has 0 amide bonds. The molecule has 0 heterocycles. The van der Waals surface area contributed by atoms with Gasteiger partial charge in [0.1, 0.15) is 5.75 Å². The topological polar surface area (TPSA) is 45.7 Å². The van der Waals surface area contributed by atoms with Gasteiger partial charge < -0.3 is 15.4 Å². The Morgan fingerprint density at radius 2 is 1.82 bits per heavy atom. The summed E-state index contributed by atoms with van der Waals surface area (Å²) < 4.78 is 41.6. The van der Waals surface area contributed by atoms with Crippen molar-refractivity contribution in [2.75, 3.05) is 13.7 Å². The van der Waals surface area contributed by atoms with Crippen LogP contribution in [0.25, 0.3) is 0 Å². The van der Waals surface area contributed by atoms with Gasteiger partial charge in [0.05, 0.1) is 0 Å². The summed E-state index contributed by atoms with van der Waals surface area (Å²) in [5, 5.41) is 6.23. The van der Waals surface area contributed by atoms with Gasteiger partial charge in [-0.3, -0.25) is 4.99 Å². The lowest BCUT2D eigenvalue weighted by Crippen LogP contribution is -2.47. The molecule has 0 fully saturated rings. The number of hydrogen-bond donors (Lipinski definition) is 2. The number of para-hydroxylation sites is 1. The minimum atomic E-state index is -4.36. The number of guanidine groups is 1. The summed E-state index contributed by atoms with van der Waals surface area (Å²) in [5.74, 6) is 0.775. The van der Waals surface area contributed by atoms with Crippen LogP contribution in [0.2, 0.25) is 0 Å². The lowest BCUT2D eigenvalue weighted by Gasteiger charge is -2.24. The fraction of sp³-hybridized carbons (Fsp3) is 0.533. The van der Waals surface area contributed by atoms with E-state index in [-0.39, 0.29) is 11.3 Å². The van der Waals surface area contributed by atoms with Crippen LogP contribution in [0, 0.1) is 0 Å². The summed E-state index contributed by atoms with van der Waals surface area (Å²) in [6.45, 7) is 4.96. The van der Waals surface area contributed by atoms with Crippen molar-refractivity contribution in [3.8, 4) is 5.75 Å². The SMILES string of the molecule is CN=C(NCc1ccccc1OCC(F)(F)F)NC(C)(C)C. The Labute approximate surface area is 128 Å². The van der Waals surface area contributed by atoms with Gasteiger partial charge in [-0.05, 0) is 26.8 Å². The lowest BCUT2D eigenvalue weighted by atomic mass is 10.1. The van der Waals surface area contributed by atoms with E-state index in [0.29, 0.717) is 18.1 Å². The van der Waals surface area contributed by atoms with Crippen LogP contribution in [0.5, 0.6) is 5.75 Å². The van der Waals surface area contributed by atoms with Crippen molar-refractivity contribution in [2.24, 2.45) is 4.99 Å². The van der Waals surface area contributed by atoms with Crippen LogP contribution < -0.4 is 15.4 Å². The third kappa shape index (κ3) is 7.19. The molecule has 0 spiro atoms. The van der Waals surface area contributed by atoms with Gasteiger partial charge in [0, 0.05) is 24.7 Å². The largest absolute Gasteiger partial charge is 0.484 e. The molecule has 7 heteroatoms. The minimum absolute atomic E-state index is 0.172. The van der Waals surface area contributed by atoms with Crippen LogP contribution in [0.1, 0.15) is 26.3 Å². The van der Waals surface area contributed by atoms with Gasteiger partial charge in [-0.1, -0.05) is 18.2 Å². The highest BCUT2D eigenvalue weighted by molar-refractivity contribution is 5.80. The summed E-state index contributed by atoms with van der Waals surface area (Å²) in [5.41, 5.74) is 0.456. The summed E-state index contributed by atoms with van der Waals surface area (Å²) in [7, 11) is 1.63. The van der Waals surface area contributed by atoms with Gasteiger partial charge >= 0.3 is 6.18 Å². The van der Waals surface area contributed by atoms with Crippen LogP contribution in [-0.2, 0) is 6.54 Å². The van der Waals surface area contributed by atoms with Crippen molar-refractivity contribution in [3.63, 3.8) is 0 Å². The third-order valence-electron chi connectivity index (χ3n) is 2.53. The minimum Gasteiger partial charge on any atom is -0.484 e. The Bertz CT molecular complexity index is 507. The number of nitrogens with zero attached hydrogens (tertiary/aromatic N) is 1. The lowest BCUT2D eigenvalue weighted by molar-refractivity contribution is -0.153. The molecule has 0 aromatic heterocycles. The zero-order valence-electron chi connectivity index (χ0n) is 13.2. The van der Waals surface area contributed by atoms with Crippen LogP contribution in [0.4, 0.5) is 13.2 Å². The molecule has 0 saturated carbocycles. The first kappa shape index (κ1) is 18.1. The number of hydrogen-bond acceptors (Lipinski definition) is 2. The molecule has 0 aliphatic heterocycles. The Balaban J connectivity index is 2.69. The number of halogens is 3. The Hall–Kier alpha value is -1.92. The number of aliphatic imine (C=N–C) groups is 1. The third-order valence-corrected chi connectivity index (χ3v) is 2.53. The van der Waals surface area contributed by atoms with Gasteiger partial charge in [-0.25, -0.2) is 0 Å². The molecule has 0 saturated heterocycles. The Morgan fingerprint density at radius 1 is 1.18 bits per heavy atom. The molecular weight excluding hydrogens is 295 g/mol. The molecule has 0 aliphatic rings. The van der Waals surface area contributed by atoms with Gasteiger partial charge in [-0.15, -0.1) is 0 Å². The molecule has 0 unspecified atom stereocenters.